The van der Waals surface area contributed by atoms with Crippen LogP contribution in [0.15, 0.2) is 18.3 Å². The molecular weight excluding hydrogens is 275 g/mol. The fraction of sp³-hybridized carbons (Fsp3) is 0.500. The molecule has 1 aromatic rings. The summed E-state index contributed by atoms with van der Waals surface area (Å²) in [6.45, 7) is 0.823. The number of pyridine rings is 1. The number of halogens is 3. The van der Waals surface area contributed by atoms with Crippen molar-refractivity contribution < 1.29 is 22.7 Å². The quantitative estimate of drug-likeness (QED) is 0.750. The van der Waals surface area contributed by atoms with E-state index in [0.717, 1.165) is 6.07 Å². The van der Waals surface area contributed by atoms with Gasteiger partial charge in [0.05, 0.1) is 12.2 Å². The molecule has 0 aliphatic rings. The van der Waals surface area contributed by atoms with Gasteiger partial charge in [-0.05, 0) is 12.1 Å². The summed E-state index contributed by atoms with van der Waals surface area (Å²) in [4.78, 5) is 15.0. The number of nitrogens with one attached hydrogen (secondary N) is 2. The standard InChI is InChI=1S/C12H16F3N3O2/c1-20-8-7-16-10(19)4-6-18-11-9(12(13,14)15)3-2-5-17-11/h2-3,5H,4,6-8H2,1H3,(H,16,19)(H,17,18). The van der Waals surface area contributed by atoms with Crippen molar-refractivity contribution in [2.45, 2.75) is 12.6 Å². The van der Waals surface area contributed by atoms with Crippen molar-refractivity contribution in [2.75, 3.05) is 32.1 Å². The summed E-state index contributed by atoms with van der Waals surface area (Å²) in [5.41, 5.74) is -0.847. The summed E-state index contributed by atoms with van der Waals surface area (Å²) in [7, 11) is 1.51. The van der Waals surface area contributed by atoms with Gasteiger partial charge in [0.2, 0.25) is 5.91 Å². The van der Waals surface area contributed by atoms with Crippen molar-refractivity contribution in [2.24, 2.45) is 0 Å². The number of carbonyl (C=O) groups excluding carboxylic acids is 1. The molecule has 0 aliphatic carbocycles. The van der Waals surface area contributed by atoms with Crippen LogP contribution in [0.25, 0.3) is 0 Å². The van der Waals surface area contributed by atoms with Crippen LogP contribution in [0.2, 0.25) is 0 Å². The minimum Gasteiger partial charge on any atom is -0.383 e. The molecule has 0 radical (unpaired) electrons. The Morgan fingerprint density at radius 2 is 2.15 bits per heavy atom. The Labute approximate surface area is 114 Å². The zero-order valence-electron chi connectivity index (χ0n) is 11.0. The van der Waals surface area contributed by atoms with Crippen molar-refractivity contribution in [3.05, 3.63) is 23.9 Å². The first-order valence-electron chi connectivity index (χ1n) is 5.97. The summed E-state index contributed by atoms with van der Waals surface area (Å²) in [6, 6.07) is 2.15. The lowest BCUT2D eigenvalue weighted by Crippen LogP contribution is -2.28. The van der Waals surface area contributed by atoms with Gasteiger partial charge >= 0.3 is 6.18 Å². The Hall–Kier alpha value is -1.83. The first-order valence-corrected chi connectivity index (χ1v) is 5.97. The first kappa shape index (κ1) is 16.2. The molecule has 20 heavy (non-hydrogen) atoms. The summed E-state index contributed by atoms with van der Waals surface area (Å²) in [5, 5.41) is 5.09. The second kappa shape index (κ2) is 7.68. The molecule has 112 valence electrons. The Balaban J connectivity index is 2.45. The molecule has 0 spiro atoms. The number of ether oxygens (including phenoxy) is 1. The van der Waals surface area contributed by atoms with Gasteiger partial charge in [-0.1, -0.05) is 0 Å². The van der Waals surface area contributed by atoms with Gasteiger partial charge in [-0.15, -0.1) is 0 Å². The lowest BCUT2D eigenvalue weighted by atomic mass is 10.2. The number of carbonyl (C=O) groups is 1. The van der Waals surface area contributed by atoms with Gasteiger partial charge in [0.25, 0.3) is 0 Å². The Kier molecular flexibility index (Phi) is 6.23. The van der Waals surface area contributed by atoms with Gasteiger partial charge in [-0.2, -0.15) is 13.2 Å². The topological polar surface area (TPSA) is 63.2 Å². The van der Waals surface area contributed by atoms with Crippen LogP contribution in [-0.2, 0) is 15.7 Å². The molecule has 2 N–H and O–H groups in total. The van der Waals surface area contributed by atoms with Crippen LogP contribution in [0, 0.1) is 0 Å². The van der Waals surface area contributed by atoms with E-state index in [9.17, 15) is 18.0 Å². The van der Waals surface area contributed by atoms with Gasteiger partial charge in [0.15, 0.2) is 0 Å². The maximum Gasteiger partial charge on any atom is 0.419 e. The van der Waals surface area contributed by atoms with E-state index in [4.69, 9.17) is 4.74 Å². The number of anilines is 1. The summed E-state index contributed by atoms with van der Waals surface area (Å²) < 4.78 is 42.8. The number of hydrogen-bond acceptors (Lipinski definition) is 4. The summed E-state index contributed by atoms with van der Waals surface area (Å²) in [5.74, 6) is -0.538. The molecule has 0 fully saturated rings. The number of rotatable bonds is 7. The van der Waals surface area contributed by atoms with E-state index < -0.39 is 11.7 Å². The Bertz CT molecular complexity index is 438. The van der Waals surface area contributed by atoms with E-state index in [1.165, 1.54) is 19.4 Å². The SMILES string of the molecule is COCCNC(=O)CCNc1ncccc1C(F)(F)F. The molecule has 0 saturated heterocycles. The zero-order valence-corrected chi connectivity index (χ0v) is 11.0. The number of alkyl halides is 3. The van der Waals surface area contributed by atoms with E-state index in [1.807, 2.05) is 0 Å². The van der Waals surface area contributed by atoms with Crippen LogP contribution in [0.3, 0.4) is 0 Å². The molecule has 1 amide bonds. The van der Waals surface area contributed by atoms with Crippen molar-refractivity contribution in [3.63, 3.8) is 0 Å². The van der Waals surface area contributed by atoms with E-state index in [-0.39, 0.29) is 24.7 Å². The molecule has 0 atom stereocenters. The molecule has 0 unspecified atom stereocenters. The van der Waals surface area contributed by atoms with Gasteiger partial charge in [0, 0.05) is 32.8 Å². The Morgan fingerprint density at radius 3 is 2.80 bits per heavy atom. The van der Waals surface area contributed by atoms with Crippen LogP contribution in [0.5, 0.6) is 0 Å². The highest BCUT2D eigenvalue weighted by Gasteiger charge is 2.33. The summed E-state index contributed by atoms with van der Waals surface area (Å²) >= 11 is 0. The summed E-state index contributed by atoms with van der Waals surface area (Å²) in [6.07, 6.45) is -3.16. The van der Waals surface area contributed by atoms with Crippen molar-refractivity contribution in [1.82, 2.24) is 10.3 Å². The minimum atomic E-state index is -4.47. The minimum absolute atomic E-state index is 0.0532. The first-order chi connectivity index (χ1) is 9.45. The Morgan fingerprint density at radius 1 is 1.40 bits per heavy atom. The molecule has 1 heterocycles. The van der Waals surface area contributed by atoms with Crippen LogP contribution < -0.4 is 10.6 Å². The van der Waals surface area contributed by atoms with Gasteiger partial charge in [-0.25, -0.2) is 4.98 Å². The van der Waals surface area contributed by atoms with Crippen LogP contribution in [-0.4, -0.2) is 37.7 Å². The molecule has 8 heteroatoms. The number of amides is 1. The molecule has 1 aromatic heterocycles. The van der Waals surface area contributed by atoms with Crippen LogP contribution in [0.4, 0.5) is 19.0 Å². The maximum absolute atomic E-state index is 12.7. The van der Waals surface area contributed by atoms with Gasteiger partial charge in [-0.3, -0.25) is 4.79 Å². The third-order valence-electron chi connectivity index (χ3n) is 2.39. The number of hydrogen-bond donors (Lipinski definition) is 2. The van der Waals surface area contributed by atoms with E-state index in [2.05, 4.69) is 15.6 Å². The number of nitrogens with zero attached hydrogens (tertiary/aromatic N) is 1. The fourth-order valence-corrected chi connectivity index (χ4v) is 1.45. The van der Waals surface area contributed by atoms with E-state index in [1.54, 1.807) is 0 Å². The predicted molar refractivity (Wildman–Crippen MR) is 67.2 cm³/mol. The van der Waals surface area contributed by atoms with E-state index in [0.29, 0.717) is 13.2 Å². The highest BCUT2D eigenvalue weighted by Crippen LogP contribution is 2.33. The molecule has 1 rings (SSSR count). The second-order valence-electron chi connectivity index (χ2n) is 3.92. The molecule has 0 aliphatic heterocycles. The predicted octanol–water partition coefficient (Wildman–Crippen LogP) is 1.66. The van der Waals surface area contributed by atoms with Crippen molar-refractivity contribution >= 4 is 11.7 Å². The normalized spacial score (nSPS) is 11.2. The number of methoxy groups -OCH3 is 1. The number of aromatic nitrogens is 1. The largest absolute Gasteiger partial charge is 0.419 e. The molecular formula is C12H16F3N3O2. The zero-order chi connectivity index (χ0) is 15.0. The lowest BCUT2D eigenvalue weighted by Gasteiger charge is -2.13. The third kappa shape index (κ3) is 5.43. The lowest BCUT2D eigenvalue weighted by molar-refractivity contribution is -0.137. The average molecular weight is 291 g/mol. The maximum atomic E-state index is 12.7. The van der Waals surface area contributed by atoms with Gasteiger partial charge in [0.1, 0.15) is 5.82 Å². The third-order valence-corrected chi connectivity index (χ3v) is 2.39. The average Bonchev–Trinajstić information content (AvgIpc) is 2.38. The van der Waals surface area contributed by atoms with Crippen LogP contribution in [0.1, 0.15) is 12.0 Å². The highest BCUT2D eigenvalue weighted by atomic mass is 19.4. The molecule has 0 saturated carbocycles. The molecule has 0 aromatic carbocycles. The van der Waals surface area contributed by atoms with Crippen LogP contribution >= 0.6 is 0 Å². The molecule has 0 bridgehead atoms. The monoisotopic (exact) mass is 291 g/mol. The van der Waals surface area contributed by atoms with Crippen molar-refractivity contribution in [3.8, 4) is 0 Å². The second-order valence-corrected chi connectivity index (χ2v) is 3.92. The molecule has 5 nitrogen and oxygen atoms in total. The van der Waals surface area contributed by atoms with E-state index >= 15 is 0 Å². The van der Waals surface area contributed by atoms with Gasteiger partial charge < -0.3 is 15.4 Å². The smallest absolute Gasteiger partial charge is 0.383 e. The van der Waals surface area contributed by atoms with Crippen molar-refractivity contribution in [1.29, 1.82) is 0 Å². The fourth-order valence-electron chi connectivity index (χ4n) is 1.45. The highest BCUT2D eigenvalue weighted by molar-refractivity contribution is 5.76.